The number of esters is 2. The zero-order chi connectivity index (χ0) is 19.7. The summed E-state index contributed by atoms with van der Waals surface area (Å²) in [5.74, 6) is -0.683. The third-order valence-electron chi connectivity index (χ3n) is 4.56. The van der Waals surface area contributed by atoms with Crippen molar-refractivity contribution in [2.24, 2.45) is 0 Å². The first-order chi connectivity index (χ1) is 13.1. The molecular formula is C23H36O4. The van der Waals surface area contributed by atoms with Crippen LogP contribution in [-0.4, -0.2) is 18.5 Å². The van der Waals surface area contributed by atoms with Gasteiger partial charge in [0.2, 0.25) is 0 Å². The number of benzene rings is 1. The molecule has 0 aromatic heterocycles. The van der Waals surface area contributed by atoms with Crippen molar-refractivity contribution in [1.82, 2.24) is 0 Å². The van der Waals surface area contributed by atoms with Gasteiger partial charge in [-0.1, -0.05) is 88.1 Å². The van der Waals surface area contributed by atoms with Gasteiger partial charge in [0.1, 0.15) is 6.61 Å². The summed E-state index contributed by atoms with van der Waals surface area (Å²) in [6, 6.07) is 7.82. The molecule has 4 heteroatoms. The van der Waals surface area contributed by atoms with E-state index in [0.29, 0.717) is 6.61 Å². The van der Waals surface area contributed by atoms with Crippen LogP contribution >= 0.6 is 0 Å². The van der Waals surface area contributed by atoms with Gasteiger partial charge in [0, 0.05) is 0 Å². The van der Waals surface area contributed by atoms with E-state index in [1.165, 1.54) is 50.5 Å². The van der Waals surface area contributed by atoms with Crippen molar-refractivity contribution in [3.8, 4) is 0 Å². The molecule has 27 heavy (non-hydrogen) atoms. The lowest BCUT2D eigenvalue weighted by Crippen LogP contribution is -2.11. The summed E-state index contributed by atoms with van der Waals surface area (Å²) >= 11 is 0. The monoisotopic (exact) mass is 376 g/mol. The Labute approximate surface area is 164 Å². The van der Waals surface area contributed by atoms with Crippen LogP contribution < -0.4 is 0 Å². The molecule has 0 amide bonds. The fourth-order valence-electron chi connectivity index (χ4n) is 2.80. The highest BCUT2D eigenvalue weighted by molar-refractivity contribution is 5.77. The Balaban J connectivity index is 1.94. The fraction of sp³-hybridized carbons (Fsp3) is 0.652. The van der Waals surface area contributed by atoms with Crippen LogP contribution in [0.2, 0.25) is 0 Å². The molecule has 0 heterocycles. The number of hydrogen-bond donors (Lipinski definition) is 0. The summed E-state index contributed by atoms with van der Waals surface area (Å²) in [6.07, 6.45) is 11.3. The van der Waals surface area contributed by atoms with Crippen LogP contribution in [0.3, 0.4) is 0 Å². The molecule has 0 saturated heterocycles. The first-order valence-corrected chi connectivity index (χ1v) is 10.5. The lowest BCUT2D eigenvalue weighted by atomic mass is 10.1. The molecule has 0 spiro atoms. The Morgan fingerprint density at radius 2 is 1.26 bits per heavy atom. The van der Waals surface area contributed by atoms with Crippen LogP contribution in [0, 0.1) is 6.92 Å². The molecule has 152 valence electrons. The van der Waals surface area contributed by atoms with Crippen LogP contribution in [0.1, 0.15) is 88.7 Å². The van der Waals surface area contributed by atoms with Gasteiger partial charge in [-0.15, -0.1) is 0 Å². The zero-order valence-electron chi connectivity index (χ0n) is 17.1. The maximum atomic E-state index is 11.7. The highest BCUT2D eigenvalue weighted by Gasteiger charge is 2.09. The lowest BCUT2D eigenvalue weighted by Gasteiger charge is -2.06. The normalized spacial score (nSPS) is 10.6. The highest BCUT2D eigenvalue weighted by Crippen LogP contribution is 2.10. The molecule has 1 aromatic carbocycles. The molecule has 0 atom stereocenters. The van der Waals surface area contributed by atoms with Crippen molar-refractivity contribution in [3.63, 3.8) is 0 Å². The predicted molar refractivity (Wildman–Crippen MR) is 108 cm³/mol. The number of unbranched alkanes of at least 4 members (excludes halogenated alkanes) is 8. The molecule has 1 aromatic rings. The van der Waals surface area contributed by atoms with Crippen LogP contribution in [-0.2, 0) is 25.7 Å². The van der Waals surface area contributed by atoms with Crippen molar-refractivity contribution in [2.45, 2.75) is 91.1 Å². The van der Waals surface area contributed by atoms with Crippen LogP contribution in [0.15, 0.2) is 24.3 Å². The Morgan fingerprint density at radius 1 is 0.741 bits per heavy atom. The van der Waals surface area contributed by atoms with Gasteiger partial charge in [-0.3, -0.25) is 9.59 Å². The van der Waals surface area contributed by atoms with Gasteiger partial charge < -0.3 is 9.47 Å². The molecule has 0 aliphatic carbocycles. The van der Waals surface area contributed by atoms with E-state index in [-0.39, 0.29) is 31.4 Å². The topological polar surface area (TPSA) is 52.6 Å². The molecule has 0 aliphatic heterocycles. The van der Waals surface area contributed by atoms with E-state index in [2.05, 4.69) is 6.92 Å². The number of carbonyl (C=O) groups excluding carboxylic acids is 2. The van der Waals surface area contributed by atoms with Crippen LogP contribution in [0.5, 0.6) is 0 Å². The second-order valence-corrected chi connectivity index (χ2v) is 7.20. The number of hydrogen-bond acceptors (Lipinski definition) is 4. The van der Waals surface area contributed by atoms with E-state index in [4.69, 9.17) is 9.47 Å². The van der Waals surface area contributed by atoms with Crippen molar-refractivity contribution in [3.05, 3.63) is 35.4 Å². The number of rotatable bonds is 15. The average molecular weight is 377 g/mol. The van der Waals surface area contributed by atoms with Gasteiger partial charge in [0.05, 0.1) is 19.4 Å². The number of aryl methyl sites for hydroxylation is 1. The summed E-state index contributed by atoms with van der Waals surface area (Å²) in [5, 5.41) is 0. The average Bonchev–Trinajstić information content (AvgIpc) is 2.67. The third-order valence-corrected chi connectivity index (χ3v) is 4.56. The summed E-state index contributed by atoms with van der Waals surface area (Å²) < 4.78 is 10.4. The second-order valence-electron chi connectivity index (χ2n) is 7.20. The number of ether oxygens (including phenoxy) is 2. The Morgan fingerprint density at radius 3 is 1.85 bits per heavy atom. The van der Waals surface area contributed by atoms with Gasteiger partial charge in [0.15, 0.2) is 0 Å². The SMILES string of the molecule is CCCCCCCCCCCOC(=O)CCC(=O)OCc1ccc(C)cc1. The van der Waals surface area contributed by atoms with E-state index < -0.39 is 0 Å². The summed E-state index contributed by atoms with van der Waals surface area (Å²) in [6.45, 7) is 4.94. The molecule has 0 fully saturated rings. The smallest absolute Gasteiger partial charge is 0.306 e. The maximum absolute atomic E-state index is 11.7. The molecule has 4 nitrogen and oxygen atoms in total. The quantitative estimate of drug-likeness (QED) is 0.283. The van der Waals surface area contributed by atoms with Crippen molar-refractivity contribution < 1.29 is 19.1 Å². The van der Waals surface area contributed by atoms with Gasteiger partial charge in [-0.25, -0.2) is 0 Å². The van der Waals surface area contributed by atoms with Gasteiger partial charge >= 0.3 is 11.9 Å². The minimum absolute atomic E-state index is 0.0719. The molecular weight excluding hydrogens is 340 g/mol. The summed E-state index contributed by atoms with van der Waals surface area (Å²) in [7, 11) is 0. The van der Waals surface area contributed by atoms with E-state index in [1.54, 1.807) is 0 Å². The molecule has 0 N–H and O–H groups in total. The standard InChI is InChI=1S/C23H36O4/c1-3-4-5-6-7-8-9-10-11-18-26-22(24)16-17-23(25)27-19-21-14-12-20(2)13-15-21/h12-15H,3-11,16-19H2,1-2H3. The summed E-state index contributed by atoms with van der Waals surface area (Å²) in [5.41, 5.74) is 2.11. The lowest BCUT2D eigenvalue weighted by molar-refractivity contribution is -0.151. The molecule has 0 bridgehead atoms. The van der Waals surface area contributed by atoms with Gasteiger partial charge in [-0.05, 0) is 18.9 Å². The van der Waals surface area contributed by atoms with Crippen molar-refractivity contribution in [2.75, 3.05) is 6.61 Å². The second kappa shape index (κ2) is 15.2. The van der Waals surface area contributed by atoms with Crippen LogP contribution in [0.4, 0.5) is 0 Å². The Bertz CT molecular complexity index is 522. The predicted octanol–water partition coefficient (Wildman–Crippen LogP) is 5.89. The van der Waals surface area contributed by atoms with E-state index in [0.717, 1.165) is 18.4 Å². The summed E-state index contributed by atoms with van der Waals surface area (Å²) in [4.78, 5) is 23.4. The molecule has 1 rings (SSSR count). The Hall–Kier alpha value is -1.84. The number of carbonyl (C=O) groups is 2. The van der Waals surface area contributed by atoms with Crippen molar-refractivity contribution in [1.29, 1.82) is 0 Å². The molecule has 0 radical (unpaired) electrons. The molecule has 0 saturated carbocycles. The first kappa shape index (κ1) is 23.2. The van der Waals surface area contributed by atoms with Crippen LogP contribution in [0.25, 0.3) is 0 Å². The minimum atomic E-state index is -0.365. The van der Waals surface area contributed by atoms with Gasteiger partial charge in [-0.2, -0.15) is 0 Å². The Kier molecular flexibility index (Phi) is 13.1. The minimum Gasteiger partial charge on any atom is -0.466 e. The third kappa shape index (κ3) is 13.0. The van der Waals surface area contributed by atoms with Gasteiger partial charge in [0.25, 0.3) is 0 Å². The maximum Gasteiger partial charge on any atom is 0.306 e. The fourth-order valence-corrected chi connectivity index (χ4v) is 2.80. The van der Waals surface area contributed by atoms with E-state index >= 15 is 0 Å². The van der Waals surface area contributed by atoms with E-state index in [9.17, 15) is 9.59 Å². The van der Waals surface area contributed by atoms with E-state index in [1.807, 2.05) is 31.2 Å². The van der Waals surface area contributed by atoms with Crippen molar-refractivity contribution >= 4 is 11.9 Å². The molecule has 0 unspecified atom stereocenters. The zero-order valence-corrected chi connectivity index (χ0v) is 17.1. The highest BCUT2D eigenvalue weighted by atomic mass is 16.5. The first-order valence-electron chi connectivity index (χ1n) is 10.5. The molecule has 0 aliphatic rings. The largest absolute Gasteiger partial charge is 0.466 e.